The molecule has 1 aromatic heterocycles. The molecule has 0 radical (unpaired) electrons. The van der Waals surface area contributed by atoms with Gasteiger partial charge in [0.05, 0.1) is 0 Å². The zero-order valence-corrected chi connectivity index (χ0v) is 23.1. The summed E-state index contributed by atoms with van der Waals surface area (Å²) in [6, 6.07) is 2.28. The SMILES string of the molecule is CCC/C=C/c1nc(C2CCC(C)(C)CC2)cc(C(C)(C)C)c1OC(C)(C(C)=O)C(C)CC. The molecule has 1 aliphatic carbocycles. The zero-order chi connectivity index (χ0) is 25.0. The molecule has 0 N–H and O–H groups in total. The maximum absolute atomic E-state index is 12.8. The van der Waals surface area contributed by atoms with Gasteiger partial charge in [-0.25, -0.2) is 4.98 Å². The number of nitrogens with zero attached hydrogens (tertiary/aromatic N) is 1. The van der Waals surface area contributed by atoms with E-state index in [2.05, 4.69) is 73.6 Å². The van der Waals surface area contributed by atoms with E-state index in [1.165, 1.54) is 31.4 Å². The van der Waals surface area contributed by atoms with Crippen molar-refractivity contribution >= 4 is 11.9 Å². The van der Waals surface area contributed by atoms with Gasteiger partial charge in [0.1, 0.15) is 11.4 Å². The molecule has 0 amide bonds. The van der Waals surface area contributed by atoms with Crippen LogP contribution in [0, 0.1) is 11.3 Å². The normalized spacial score (nSPS) is 19.9. The van der Waals surface area contributed by atoms with Crippen molar-refractivity contribution in [2.75, 3.05) is 0 Å². The van der Waals surface area contributed by atoms with Crippen molar-refractivity contribution in [1.82, 2.24) is 4.98 Å². The minimum absolute atomic E-state index is 0.0683. The van der Waals surface area contributed by atoms with Crippen LogP contribution in [-0.4, -0.2) is 16.4 Å². The number of unbranched alkanes of at least 4 members (excludes halogenated alkanes) is 1. The molecule has 2 rings (SSSR count). The zero-order valence-electron chi connectivity index (χ0n) is 23.1. The summed E-state index contributed by atoms with van der Waals surface area (Å²) in [5, 5.41) is 0. The first-order valence-corrected chi connectivity index (χ1v) is 13.2. The van der Waals surface area contributed by atoms with E-state index in [1.807, 2.05) is 6.92 Å². The lowest BCUT2D eigenvalue weighted by atomic mass is 9.71. The van der Waals surface area contributed by atoms with E-state index in [1.54, 1.807) is 6.92 Å². The Morgan fingerprint density at radius 3 is 2.30 bits per heavy atom. The molecule has 33 heavy (non-hydrogen) atoms. The molecule has 0 aliphatic heterocycles. The number of aromatic nitrogens is 1. The second-order valence-electron chi connectivity index (χ2n) is 12.3. The Labute approximate surface area is 203 Å². The largest absolute Gasteiger partial charge is 0.477 e. The summed E-state index contributed by atoms with van der Waals surface area (Å²) in [5.41, 5.74) is 2.65. The van der Waals surface area contributed by atoms with Crippen LogP contribution in [-0.2, 0) is 10.2 Å². The van der Waals surface area contributed by atoms with Crippen LogP contribution in [0.5, 0.6) is 5.75 Å². The molecule has 1 aliphatic rings. The summed E-state index contributed by atoms with van der Waals surface area (Å²) in [6.45, 7) is 21.5. The average Bonchev–Trinajstić information content (AvgIpc) is 2.73. The van der Waals surface area contributed by atoms with Gasteiger partial charge >= 0.3 is 0 Å². The van der Waals surface area contributed by atoms with Gasteiger partial charge in [0.25, 0.3) is 0 Å². The van der Waals surface area contributed by atoms with Gasteiger partial charge in [0.15, 0.2) is 11.4 Å². The van der Waals surface area contributed by atoms with Crippen LogP contribution in [0.1, 0.15) is 137 Å². The molecule has 3 nitrogen and oxygen atoms in total. The lowest BCUT2D eigenvalue weighted by molar-refractivity contribution is -0.135. The fourth-order valence-electron chi connectivity index (χ4n) is 4.74. The second-order valence-corrected chi connectivity index (χ2v) is 12.3. The van der Waals surface area contributed by atoms with Gasteiger partial charge < -0.3 is 4.74 Å². The molecule has 0 bridgehead atoms. The van der Waals surface area contributed by atoms with Gasteiger partial charge in [-0.3, -0.25) is 4.79 Å². The van der Waals surface area contributed by atoms with Crippen LogP contribution in [0.3, 0.4) is 0 Å². The Bertz CT molecular complexity index is 836. The molecule has 1 saturated carbocycles. The Kier molecular flexibility index (Phi) is 8.98. The highest BCUT2D eigenvalue weighted by atomic mass is 16.5. The summed E-state index contributed by atoms with van der Waals surface area (Å²) in [6.07, 6.45) is 12.1. The predicted molar refractivity (Wildman–Crippen MR) is 141 cm³/mol. The number of carbonyl (C=O) groups excluding carboxylic acids is 1. The molecule has 186 valence electrons. The summed E-state index contributed by atoms with van der Waals surface area (Å²) >= 11 is 0. The minimum atomic E-state index is -0.875. The second kappa shape index (κ2) is 10.7. The minimum Gasteiger partial charge on any atom is -0.477 e. The van der Waals surface area contributed by atoms with Gasteiger partial charge in [-0.05, 0) is 75.3 Å². The lowest BCUT2D eigenvalue weighted by Crippen LogP contribution is -2.46. The first-order chi connectivity index (χ1) is 15.2. The highest BCUT2D eigenvalue weighted by molar-refractivity contribution is 5.85. The van der Waals surface area contributed by atoms with Crippen molar-refractivity contribution in [2.45, 2.75) is 131 Å². The van der Waals surface area contributed by atoms with E-state index >= 15 is 0 Å². The topological polar surface area (TPSA) is 39.2 Å². The number of allylic oxidation sites excluding steroid dienone is 1. The van der Waals surface area contributed by atoms with Gasteiger partial charge in [-0.1, -0.05) is 67.9 Å². The van der Waals surface area contributed by atoms with Crippen LogP contribution in [0.4, 0.5) is 0 Å². The van der Waals surface area contributed by atoms with Crippen LogP contribution in [0.2, 0.25) is 0 Å². The smallest absolute Gasteiger partial charge is 0.173 e. The van der Waals surface area contributed by atoms with E-state index in [0.717, 1.165) is 36.3 Å². The van der Waals surface area contributed by atoms with E-state index in [0.29, 0.717) is 11.3 Å². The number of ether oxygens (including phenoxy) is 1. The van der Waals surface area contributed by atoms with Crippen molar-refractivity contribution in [2.24, 2.45) is 11.3 Å². The fraction of sp³-hybridized carbons (Fsp3) is 0.733. The van der Waals surface area contributed by atoms with E-state index in [9.17, 15) is 4.79 Å². The number of pyridine rings is 1. The average molecular weight is 456 g/mol. The van der Waals surface area contributed by atoms with Crippen molar-refractivity contribution in [1.29, 1.82) is 0 Å². The van der Waals surface area contributed by atoms with E-state index in [-0.39, 0.29) is 17.1 Å². The number of carbonyl (C=O) groups is 1. The summed E-state index contributed by atoms with van der Waals surface area (Å²) in [7, 11) is 0. The third kappa shape index (κ3) is 6.70. The first-order valence-electron chi connectivity index (χ1n) is 13.2. The molecular formula is C30H49NO2. The Morgan fingerprint density at radius 1 is 1.21 bits per heavy atom. The third-order valence-corrected chi connectivity index (χ3v) is 7.88. The highest BCUT2D eigenvalue weighted by Gasteiger charge is 2.40. The highest BCUT2D eigenvalue weighted by Crippen LogP contribution is 2.45. The molecule has 0 spiro atoms. The summed E-state index contributed by atoms with van der Waals surface area (Å²) in [4.78, 5) is 18.0. The third-order valence-electron chi connectivity index (χ3n) is 7.88. The molecule has 2 unspecified atom stereocenters. The van der Waals surface area contributed by atoms with Crippen LogP contribution in [0.15, 0.2) is 12.1 Å². The number of hydrogen-bond donors (Lipinski definition) is 0. The van der Waals surface area contributed by atoms with Crippen LogP contribution in [0.25, 0.3) is 6.08 Å². The maximum Gasteiger partial charge on any atom is 0.173 e. The molecular weight excluding hydrogens is 406 g/mol. The van der Waals surface area contributed by atoms with Crippen LogP contribution >= 0.6 is 0 Å². The standard InChI is InChI=1S/C30H49NO2/c1-11-13-14-15-25-27(33-30(10,22(4)32)21(3)12-2)24(28(5,6)7)20-26(31-25)23-16-18-29(8,9)19-17-23/h14-15,20-21,23H,11-13,16-19H2,1-10H3/b15-14+. The number of ketones is 1. The predicted octanol–water partition coefficient (Wildman–Crippen LogP) is 8.65. The fourth-order valence-corrected chi connectivity index (χ4v) is 4.74. The maximum atomic E-state index is 12.8. The Morgan fingerprint density at radius 2 is 1.82 bits per heavy atom. The van der Waals surface area contributed by atoms with Crippen LogP contribution < -0.4 is 4.74 Å². The van der Waals surface area contributed by atoms with Crippen molar-refractivity contribution in [3.8, 4) is 5.75 Å². The number of Topliss-reactive ketones (excluding diaryl/α,β-unsaturated/α-hetero) is 1. The van der Waals surface area contributed by atoms with E-state index < -0.39 is 5.60 Å². The van der Waals surface area contributed by atoms with Crippen molar-refractivity contribution in [3.05, 3.63) is 29.1 Å². The molecule has 3 heteroatoms. The quantitative estimate of drug-likeness (QED) is 0.374. The molecule has 1 fully saturated rings. The molecule has 1 heterocycles. The first kappa shape index (κ1) is 27.6. The van der Waals surface area contributed by atoms with Gasteiger partial charge in [0.2, 0.25) is 0 Å². The number of hydrogen-bond acceptors (Lipinski definition) is 3. The van der Waals surface area contributed by atoms with Crippen molar-refractivity contribution in [3.63, 3.8) is 0 Å². The van der Waals surface area contributed by atoms with Crippen molar-refractivity contribution < 1.29 is 9.53 Å². The van der Waals surface area contributed by atoms with Gasteiger partial charge in [0, 0.05) is 23.1 Å². The Balaban J connectivity index is 2.66. The molecule has 0 aromatic carbocycles. The van der Waals surface area contributed by atoms with E-state index in [4.69, 9.17) is 9.72 Å². The van der Waals surface area contributed by atoms with Gasteiger partial charge in [-0.2, -0.15) is 0 Å². The van der Waals surface area contributed by atoms with Gasteiger partial charge in [-0.15, -0.1) is 0 Å². The summed E-state index contributed by atoms with van der Waals surface area (Å²) in [5.74, 6) is 1.45. The molecule has 0 saturated heterocycles. The number of rotatable bonds is 9. The summed E-state index contributed by atoms with van der Waals surface area (Å²) < 4.78 is 6.75. The monoisotopic (exact) mass is 455 g/mol. The molecule has 2 atom stereocenters. The molecule has 1 aromatic rings. The lowest BCUT2D eigenvalue weighted by Gasteiger charge is -2.37. The Hall–Kier alpha value is -1.64.